The van der Waals surface area contributed by atoms with Crippen LogP contribution >= 0.6 is 0 Å². The van der Waals surface area contributed by atoms with Crippen molar-refractivity contribution < 1.29 is 21.6 Å². The number of nitrogens with zero attached hydrogens (tertiary/aromatic N) is 2. The minimum atomic E-state index is -3.59. The van der Waals surface area contributed by atoms with E-state index in [2.05, 4.69) is 0 Å². The third kappa shape index (κ3) is 4.65. The molecule has 2 heterocycles. The zero-order chi connectivity index (χ0) is 22.9. The van der Waals surface area contributed by atoms with Crippen molar-refractivity contribution in [1.29, 1.82) is 0 Å². The molecule has 0 saturated carbocycles. The van der Waals surface area contributed by atoms with Crippen molar-refractivity contribution in [3.05, 3.63) is 71.1 Å². The van der Waals surface area contributed by atoms with Crippen LogP contribution in [0.25, 0.3) is 0 Å². The predicted molar refractivity (Wildman–Crippen MR) is 124 cm³/mol. The number of sulfonamides is 1. The first kappa shape index (κ1) is 22.7. The number of benzene rings is 2. The summed E-state index contributed by atoms with van der Waals surface area (Å²) in [6.45, 7) is 2.94. The number of rotatable bonds is 5. The van der Waals surface area contributed by atoms with Crippen molar-refractivity contribution in [3.8, 4) is 0 Å². The van der Waals surface area contributed by atoms with Crippen LogP contribution in [0.15, 0.2) is 64.9 Å². The average Bonchev–Trinajstić information content (AvgIpc) is 3.15. The van der Waals surface area contributed by atoms with Crippen LogP contribution in [0, 0.1) is 6.92 Å². The van der Waals surface area contributed by atoms with Crippen molar-refractivity contribution in [1.82, 2.24) is 4.31 Å². The number of piperidine rings is 1. The summed E-state index contributed by atoms with van der Waals surface area (Å²) in [6, 6.07) is 12.5. The molecular formula is C23H26N2O5S2. The van der Waals surface area contributed by atoms with E-state index in [9.17, 15) is 21.6 Å². The van der Waals surface area contributed by atoms with Crippen LogP contribution in [0.1, 0.15) is 35.2 Å². The summed E-state index contributed by atoms with van der Waals surface area (Å²) < 4.78 is 51.3. The molecule has 1 fully saturated rings. The Bertz CT molecular complexity index is 1230. The summed E-state index contributed by atoms with van der Waals surface area (Å²) in [7, 11) is -6.96. The zero-order valence-electron chi connectivity index (χ0n) is 17.8. The highest BCUT2D eigenvalue weighted by Crippen LogP contribution is 2.27. The Morgan fingerprint density at radius 3 is 2.16 bits per heavy atom. The molecule has 2 aromatic carbocycles. The number of sulfone groups is 1. The van der Waals surface area contributed by atoms with Gasteiger partial charge in [0.15, 0.2) is 9.84 Å². The van der Waals surface area contributed by atoms with Crippen LogP contribution in [-0.2, 0) is 19.9 Å². The zero-order valence-corrected chi connectivity index (χ0v) is 19.5. The fourth-order valence-electron chi connectivity index (χ4n) is 4.05. The number of carbonyl (C=O) groups is 1. The molecular weight excluding hydrogens is 448 g/mol. The van der Waals surface area contributed by atoms with E-state index in [1.807, 2.05) is 19.1 Å². The van der Waals surface area contributed by atoms with Gasteiger partial charge in [0.05, 0.1) is 16.7 Å². The van der Waals surface area contributed by atoms with E-state index in [1.54, 1.807) is 12.1 Å². The number of hydrogen-bond acceptors (Lipinski definition) is 5. The van der Waals surface area contributed by atoms with Crippen molar-refractivity contribution in [2.24, 2.45) is 0 Å². The summed E-state index contributed by atoms with van der Waals surface area (Å²) in [4.78, 5) is 15.0. The Hall–Kier alpha value is -2.49. The molecule has 9 heteroatoms. The third-order valence-electron chi connectivity index (χ3n) is 5.83. The Kier molecular flexibility index (Phi) is 6.24. The summed E-state index contributed by atoms with van der Waals surface area (Å²) in [5.74, 6) is -0.573. The Labute approximate surface area is 189 Å². The monoisotopic (exact) mass is 474 g/mol. The maximum absolute atomic E-state index is 13.4. The van der Waals surface area contributed by atoms with Gasteiger partial charge in [0.1, 0.15) is 0 Å². The topological polar surface area (TPSA) is 91.8 Å². The lowest BCUT2D eigenvalue weighted by atomic mass is 10.1. The van der Waals surface area contributed by atoms with Gasteiger partial charge in [-0.05, 0) is 62.2 Å². The molecule has 4 rings (SSSR count). The molecule has 1 amide bonds. The highest BCUT2D eigenvalue weighted by Gasteiger charge is 2.32. The smallest absolute Gasteiger partial charge is 0.258 e. The third-order valence-corrected chi connectivity index (χ3v) is 9.12. The predicted octanol–water partition coefficient (Wildman–Crippen LogP) is 3.13. The molecule has 1 saturated heterocycles. The Balaban J connectivity index is 1.64. The van der Waals surface area contributed by atoms with Crippen LogP contribution < -0.4 is 4.90 Å². The summed E-state index contributed by atoms with van der Waals surface area (Å²) in [5, 5.41) is 1.14. The molecule has 0 spiro atoms. The van der Waals surface area contributed by atoms with E-state index in [-0.39, 0.29) is 16.6 Å². The molecule has 32 heavy (non-hydrogen) atoms. The van der Waals surface area contributed by atoms with Crippen molar-refractivity contribution >= 4 is 31.5 Å². The van der Waals surface area contributed by atoms with Gasteiger partial charge in [-0.1, -0.05) is 24.1 Å². The first-order chi connectivity index (χ1) is 15.2. The lowest BCUT2D eigenvalue weighted by molar-refractivity contribution is 0.0983. The molecule has 2 aromatic rings. The largest absolute Gasteiger partial charge is 0.300 e. The van der Waals surface area contributed by atoms with Crippen molar-refractivity contribution in [3.63, 3.8) is 0 Å². The van der Waals surface area contributed by atoms with Gasteiger partial charge in [-0.25, -0.2) is 16.8 Å². The molecule has 0 unspecified atom stereocenters. The van der Waals surface area contributed by atoms with Crippen LogP contribution in [0.2, 0.25) is 0 Å². The molecule has 0 aromatic heterocycles. The van der Waals surface area contributed by atoms with E-state index in [0.717, 1.165) is 30.2 Å². The van der Waals surface area contributed by atoms with Crippen molar-refractivity contribution in [2.45, 2.75) is 37.1 Å². The number of amides is 1. The van der Waals surface area contributed by atoms with Crippen LogP contribution in [0.5, 0.6) is 0 Å². The fourth-order valence-corrected chi connectivity index (χ4v) is 6.83. The summed E-state index contributed by atoms with van der Waals surface area (Å²) >= 11 is 0. The minimum Gasteiger partial charge on any atom is -0.300 e. The lowest BCUT2D eigenvalue weighted by Crippen LogP contribution is -2.41. The highest BCUT2D eigenvalue weighted by atomic mass is 32.2. The Morgan fingerprint density at radius 1 is 0.969 bits per heavy atom. The van der Waals surface area contributed by atoms with E-state index >= 15 is 0 Å². The molecule has 2 aliphatic rings. The summed E-state index contributed by atoms with van der Waals surface area (Å²) in [6.07, 6.45) is 4.24. The van der Waals surface area contributed by atoms with Gasteiger partial charge in [0.2, 0.25) is 10.0 Å². The highest BCUT2D eigenvalue weighted by molar-refractivity contribution is 7.94. The summed E-state index contributed by atoms with van der Waals surface area (Å²) in [5.41, 5.74) is 1.89. The van der Waals surface area contributed by atoms with E-state index in [1.165, 1.54) is 39.5 Å². The van der Waals surface area contributed by atoms with Crippen molar-refractivity contribution in [2.75, 3.05) is 23.7 Å². The van der Waals surface area contributed by atoms with E-state index in [0.29, 0.717) is 24.3 Å². The molecule has 0 bridgehead atoms. The van der Waals surface area contributed by atoms with Gasteiger partial charge in [-0.2, -0.15) is 4.31 Å². The van der Waals surface area contributed by atoms with Crippen LogP contribution in [0.4, 0.5) is 5.69 Å². The molecule has 0 aliphatic carbocycles. The Morgan fingerprint density at radius 2 is 1.59 bits per heavy atom. The van der Waals surface area contributed by atoms with Gasteiger partial charge < -0.3 is 4.90 Å². The normalized spacial score (nSPS) is 20.8. The first-order valence-electron chi connectivity index (χ1n) is 10.6. The van der Waals surface area contributed by atoms with Crippen LogP contribution in [-0.4, -0.2) is 51.9 Å². The van der Waals surface area contributed by atoms with Gasteiger partial charge in [0.25, 0.3) is 5.91 Å². The quantitative estimate of drug-likeness (QED) is 0.664. The van der Waals surface area contributed by atoms with E-state index in [4.69, 9.17) is 0 Å². The van der Waals surface area contributed by atoms with Gasteiger partial charge in [-0.15, -0.1) is 0 Å². The second-order valence-corrected chi connectivity index (χ2v) is 12.1. The van der Waals surface area contributed by atoms with Crippen LogP contribution in [0.3, 0.4) is 0 Å². The molecule has 1 atom stereocenters. The maximum Gasteiger partial charge on any atom is 0.258 e. The lowest BCUT2D eigenvalue weighted by Gasteiger charge is -2.28. The van der Waals surface area contributed by atoms with Gasteiger partial charge in [0, 0.05) is 29.7 Å². The second-order valence-electron chi connectivity index (χ2n) is 8.23. The molecule has 0 radical (unpaired) electrons. The molecule has 2 aliphatic heterocycles. The molecule has 170 valence electrons. The number of aryl methyl sites for hydroxylation is 1. The number of hydrogen-bond donors (Lipinski definition) is 0. The van der Waals surface area contributed by atoms with Gasteiger partial charge >= 0.3 is 0 Å². The number of carbonyl (C=O) groups excluding carboxylic acids is 1. The standard InChI is InChI=1S/C23H26N2O5S2/c1-18-5-9-20(10-6-18)25(21-13-16-31(27,28)17-21)23(26)19-7-11-22(12-8-19)32(29,30)24-14-3-2-4-15-24/h5-13,16,21H,2-4,14-15,17H2,1H3/t21-/m0/s1. The molecule has 7 nitrogen and oxygen atoms in total. The molecule has 0 N–H and O–H groups in total. The van der Waals surface area contributed by atoms with Gasteiger partial charge in [-0.3, -0.25) is 4.79 Å². The first-order valence-corrected chi connectivity index (χ1v) is 13.7. The number of anilines is 1. The van der Waals surface area contributed by atoms with E-state index < -0.39 is 25.9 Å². The minimum absolute atomic E-state index is 0.154. The second kappa shape index (κ2) is 8.80. The fraction of sp³-hybridized carbons (Fsp3) is 0.348. The maximum atomic E-state index is 13.4. The average molecular weight is 475 g/mol. The SMILES string of the molecule is Cc1ccc(N(C(=O)c2ccc(S(=O)(=O)N3CCCCC3)cc2)[C@H]2C=CS(=O)(=O)C2)cc1.